The molecule has 1 spiro atoms. The fourth-order valence-corrected chi connectivity index (χ4v) is 3.39. The molecule has 2 saturated heterocycles. The molecule has 3 amide bonds. The van der Waals surface area contributed by atoms with Crippen molar-refractivity contribution >= 4 is 17.9 Å². The van der Waals surface area contributed by atoms with Crippen molar-refractivity contribution in [3.63, 3.8) is 0 Å². The zero-order valence-electron chi connectivity index (χ0n) is 15.1. The quantitative estimate of drug-likeness (QED) is 0.584. The average molecular weight is 339 g/mol. The summed E-state index contributed by atoms with van der Waals surface area (Å²) in [7, 11) is 0. The summed E-state index contributed by atoms with van der Waals surface area (Å²) in [5.41, 5.74) is -0.857. The van der Waals surface area contributed by atoms with Crippen LogP contribution in [-0.2, 0) is 14.3 Å². The van der Waals surface area contributed by atoms with E-state index in [-0.39, 0.29) is 5.91 Å². The Morgan fingerprint density at radius 1 is 1.25 bits per heavy atom. The predicted molar refractivity (Wildman–Crippen MR) is 89.3 cm³/mol. The molecule has 7 heteroatoms. The maximum Gasteiger partial charge on any atom is 0.329 e. The van der Waals surface area contributed by atoms with E-state index in [1.54, 1.807) is 6.92 Å². The Labute approximate surface area is 143 Å². The number of urea groups is 1. The lowest BCUT2D eigenvalue weighted by molar-refractivity contribution is -0.152. The second kappa shape index (κ2) is 7.51. The number of ether oxygens (including phenoxy) is 1. The second-order valence-electron chi connectivity index (χ2n) is 7.23. The van der Waals surface area contributed by atoms with Gasteiger partial charge < -0.3 is 15.0 Å². The minimum atomic E-state index is -0.892. The molecule has 136 valence electrons. The molecule has 0 radical (unpaired) electrons. The van der Waals surface area contributed by atoms with E-state index in [1.807, 2.05) is 6.92 Å². The number of nitrogens with zero attached hydrogens (tertiary/aromatic N) is 2. The number of hydrogen-bond donors (Lipinski definition) is 1. The van der Waals surface area contributed by atoms with Crippen molar-refractivity contribution in [1.29, 1.82) is 0 Å². The first-order valence-corrected chi connectivity index (χ1v) is 8.85. The molecule has 0 aromatic carbocycles. The minimum Gasteiger partial charge on any atom is -0.464 e. The van der Waals surface area contributed by atoms with Crippen molar-refractivity contribution in [1.82, 2.24) is 15.1 Å². The fourth-order valence-electron chi connectivity index (χ4n) is 3.39. The van der Waals surface area contributed by atoms with Gasteiger partial charge in [0.05, 0.1) is 6.61 Å². The first kappa shape index (κ1) is 18.7. The highest BCUT2D eigenvalue weighted by molar-refractivity contribution is 6.09. The summed E-state index contributed by atoms with van der Waals surface area (Å²) in [5.74, 6) is -0.259. The number of likely N-dealkylation sites (tertiary alicyclic amines) is 1. The van der Waals surface area contributed by atoms with Crippen LogP contribution in [0.3, 0.4) is 0 Å². The lowest BCUT2D eigenvalue weighted by Crippen LogP contribution is -2.55. The number of amides is 3. The van der Waals surface area contributed by atoms with Gasteiger partial charge in [0.15, 0.2) is 0 Å². The molecule has 0 aromatic heterocycles. The van der Waals surface area contributed by atoms with Crippen LogP contribution in [0, 0.1) is 5.92 Å². The summed E-state index contributed by atoms with van der Waals surface area (Å²) >= 11 is 0. The zero-order chi connectivity index (χ0) is 17.9. The normalized spacial score (nSPS) is 22.1. The average Bonchev–Trinajstić information content (AvgIpc) is 2.77. The fraction of sp³-hybridized carbons (Fsp3) is 0.824. The molecule has 24 heavy (non-hydrogen) atoms. The number of carbonyl (C=O) groups excluding carboxylic acids is 3. The number of hydrogen-bond acceptors (Lipinski definition) is 5. The van der Waals surface area contributed by atoms with Gasteiger partial charge >= 0.3 is 12.0 Å². The lowest BCUT2D eigenvalue weighted by atomic mass is 9.87. The third-order valence-corrected chi connectivity index (χ3v) is 4.70. The van der Waals surface area contributed by atoms with E-state index < -0.39 is 23.6 Å². The Morgan fingerprint density at radius 2 is 1.88 bits per heavy atom. The van der Waals surface area contributed by atoms with Crippen molar-refractivity contribution in [3.05, 3.63) is 0 Å². The highest BCUT2D eigenvalue weighted by Gasteiger charge is 2.54. The highest BCUT2D eigenvalue weighted by atomic mass is 16.5. The van der Waals surface area contributed by atoms with Gasteiger partial charge in [0.25, 0.3) is 5.91 Å². The van der Waals surface area contributed by atoms with Crippen molar-refractivity contribution in [2.45, 2.75) is 58.5 Å². The Morgan fingerprint density at radius 3 is 2.42 bits per heavy atom. The summed E-state index contributed by atoms with van der Waals surface area (Å²) < 4.78 is 5.08. The van der Waals surface area contributed by atoms with E-state index in [0.717, 1.165) is 24.5 Å². The van der Waals surface area contributed by atoms with Crippen LogP contribution in [0.25, 0.3) is 0 Å². The molecule has 2 aliphatic rings. The number of esters is 1. The zero-order valence-corrected chi connectivity index (χ0v) is 15.1. The summed E-state index contributed by atoms with van der Waals surface area (Å²) in [6.45, 7) is 10.6. The molecule has 1 N–H and O–H groups in total. The molecule has 2 heterocycles. The lowest BCUT2D eigenvalue weighted by Gasteiger charge is -2.38. The van der Waals surface area contributed by atoms with Crippen LogP contribution in [0.1, 0.15) is 47.0 Å². The third-order valence-electron chi connectivity index (χ3n) is 4.70. The molecule has 1 unspecified atom stereocenters. The van der Waals surface area contributed by atoms with Crippen LogP contribution in [0.4, 0.5) is 4.79 Å². The van der Waals surface area contributed by atoms with E-state index in [1.165, 1.54) is 0 Å². The van der Waals surface area contributed by atoms with Crippen molar-refractivity contribution < 1.29 is 19.1 Å². The van der Waals surface area contributed by atoms with Gasteiger partial charge in [0, 0.05) is 19.6 Å². The van der Waals surface area contributed by atoms with E-state index in [4.69, 9.17) is 4.74 Å². The van der Waals surface area contributed by atoms with Crippen molar-refractivity contribution in [2.24, 2.45) is 5.92 Å². The number of rotatable bonds is 6. The van der Waals surface area contributed by atoms with Gasteiger partial charge in [0.1, 0.15) is 11.6 Å². The molecule has 0 aromatic rings. The molecule has 0 bridgehead atoms. The van der Waals surface area contributed by atoms with Crippen LogP contribution < -0.4 is 5.32 Å². The maximum absolute atomic E-state index is 12.9. The van der Waals surface area contributed by atoms with Crippen LogP contribution in [0.5, 0.6) is 0 Å². The van der Waals surface area contributed by atoms with E-state index >= 15 is 0 Å². The first-order chi connectivity index (χ1) is 11.3. The molecular formula is C17H29N3O4. The largest absolute Gasteiger partial charge is 0.464 e. The Balaban J connectivity index is 2.02. The van der Waals surface area contributed by atoms with Crippen LogP contribution in [-0.4, -0.2) is 65.5 Å². The van der Waals surface area contributed by atoms with E-state index in [0.29, 0.717) is 31.8 Å². The number of imide groups is 1. The van der Waals surface area contributed by atoms with Crippen LogP contribution in [0.15, 0.2) is 0 Å². The van der Waals surface area contributed by atoms with Gasteiger partial charge in [0.2, 0.25) is 0 Å². The molecule has 1 atom stereocenters. The number of carbonyl (C=O) groups is 3. The Bertz CT molecular complexity index is 498. The smallest absolute Gasteiger partial charge is 0.329 e. The van der Waals surface area contributed by atoms with Crippen LogP contribution in [0.2, 0.25) is 0 Å². The van der Waals surface area contributed by atoms with Gasteiger partial charge in [-0.2, -0.15) is 0 Å². The molecule has 2 rings (SSSR count). The number of nitrogens with one attached hydrogen (secondary N) is 1. The van der Waals surface area contributed by atoms with Crippen molar-refractivity contribution in [3.8, 4) is 0 Å². The SMILES string of the molecule is CCCOC(=O)C(C)N1C(=O)NC2(CCN(CC(C)C)CC2)C1=O. The first-order valence-electron chi connectivity index (χ1n) is 8.85. The van der Waals surface area contributed by atoms with E-state index in [2.05, 4.69) is 24.1 Å². The summed E-state index contributed by atoms with van der Waals surface area (Å²) in [4.78, 5) is 40.5. The summed E-state index contributed by atoms with van der Waals surface area (Å²) in [5, 5.41) is 2.84. The molecule has 0 saturated carbocycles. The molecule has 7 nitrogen and oxygen atoms in total. The van der Waals surface area contributed by atoms with Gasteiger partial charge in [-0.15, -0.1) is 0 Å². The second-order valence-corrected chi connectivity index (χ2v) is 7.23. The molecule has 0 aliphatic carbocycles. The molecule has 2 fully saturated rings. The molecule has 2 aliphatic heterocycles. The summed E-state index contributed by atoms with van der Waals surface area (Å²) in [6.07, 6.45) is 1.86. The third kappa shape index (κ3) is 3.71. The van der Waals surface area contributed by atoms with Crippen molar-refractivity contribution in [2.75, 3.05) is 26.2 Å². The van der Waals surface area contributed by atoms with Gasteiger partial charge in [-0.1, -0.05) is 20.8 Å². The Hall–Kier alpha value is -1.63. The maximum atomic E-state index is 12.9. The minimum absolute atomic E-state index is 0.294. The van der Waals surface area contributed by atoms with Crippen LogP contribution >= 0.6 is 0 Å². The molecular weight excluding hydrogens is 310 g/mol. The summed E-state index contributed by atoms with van der Waals surface area (Å²) in [6, 6.07) is -1.38. The van der Waals surface area contributed by atoms with E-state index in [9.17, 15) is 14.4 Å². The topological polar surface area (TPSA) is 79.0 Å². The highest BCUT2D eigenvalue weighted by Crippen LogP contribution is 2.31. The Kier molecular flexibility index (Phi) is 5.85. The monoisotopic (exact) mass is 339 g/mol. The standard InChI is InChI=1S/C17H29N3O4/c1-5-10-24-14(21)13(4)20-15(22)17(18-16(20)23)6-8-19(9-7-17)11-12(2)3/h12-13H,5-11H2,1-4H3,(H,18,23). The predicted octanol–water partition coefficient (Wildman–Crippen LogP) is 1.37. The number of piperidine rings is 1. The van der Waals surface area contributed by atoms with Gasteiger partial charge in [-0.05, 0) is 32.1 Å². The van der Waals surface area contributed by atoms with Gasteiger partial charge in [-0.3, -0.25) is 4.79 Å². The van der Waals surface area contributed by atoms with Gasteiger partial charge in [-0.25, -0.2) is 14.5 Å².